The summed E-state index contributed by atoms with van der Waals surface area (Å²) in [5.74, 6) is 2.08. The Balaban J connectivity index is 1.64. The van der Waals surface area contributed by atoms with Gasteiger partial charge in [0.25, 0.3) is 0 Å². The molecule has 4 heteroatoms. The van der Waals surface area contributed by atoms with Gasteiger partial charge >= 0.3 is 0 Å². The van der Waals surface area contributed by atoms with E-state index in [4.69, 9.17) is 4.74 Å². The molecule has 0 aromatic heterocycles. The molecule has 2 aromatic rings. The van der Waals surface area contributed by atoms with Crippen LogP contribution in [0.1, 0.15) is 28.5 Å². The van der Waals surface area contributed by atoms with Crippen LogP contribution in [-0.2, 0) is 11.2 Å². The summed E-state index contributed by atoms with van der Waals surface area (Å²) in [6, 6.07) is 16.4. The summed E-state index contributed by atoms with van der Waals surface area (Å²) < 4.78 is 5.22. The summed E-state index contributed by atoms with van der Waals surface area (Å²) in [4.78, 5) is 14.7. The van der Waals surface area contributed by atoms with Gasteiger partial charge in [-0.3, -0.25) is 4.79 Å². The first kappa shape index (κ1) is 16.9. The van der Waals surface area contributed by atoms with Gasteiger partial charge in [-0.15, -0.1) is 11.8 Å². The molecule has 126 valence electrons. The molecular formula is C20H23NO2S. The number of rotatable bonds is 5. The maximum Gasteiger partial charge on any atom is 0.224 e. The average Bonchev–Trinajstić information content (AvgIpc) is 3.09. The van der Waals surface area contributed by atoms with E-state index in [1.807, 2.05) is 28.8 Å². The number of benzene rings is 2. The van der Waals surface area contributed by atoms with E-state index in [0.29, 0.717) is 6.42 Å². The number of aryl methyl sites for hydroxylation is 2. The minimum atomic E-state index is 0.126. The quantitative estimate of drug-likeness (QED) is 0.816. The Bertz CT molecular complexity index is 699. The Morgan fingerprint density at radius 1 is 1.25 bits per heavy atom. The van der Waals surface area contributed by atoms with E-state index < -0.39 is 0 Å². The normalized spacial score (nSPS) is 17.1. The predicted octanol–water partition coefficient (Wildman–Crippen LogP) is 4.21. The zero-order chi connectivity index (χ0) is 16.9. The van der Waals surface area contributed by atoms with Crippen molar-refractivity contribution in [2.75, 3.05) is 19.4 Å². The molecule has 0 aliphatic carbocycles. The lowest BCUT2D eigenvalue weighted by atomic mass is 10.1. The van der Waals surface area contributed by atoms with E-state index in [-0.39, 0.29) is 11.3 Å². The van der Waals surface area contributed by atoms with Gasteiger partial charge in [-0.2, -0.15) is 0 Å². The third-order valence-corrected chi connectivity index (χ3v) is 5.58. The minimum Gasteiger partial charge on any atom is -0.497 e. The Morgan fingerprint density at radius 2 is 2.04 bits per heavy atom. The molecule has 24 heavy (non-hydrogen) atoms. The molecule has 3 nitrogen and oxygen atoms in total. The van der Waals surface area contributed by atoms with Gasteiger partial charge in [0, 0.05) is 18.7 Å². The van der Waals surface area contributed by atoms with Crippen molar-refractivity contribution in [1.82, 2.24) is 4.90 Å². The summed E-state index contributed by atoms with van der Waals surface area (Å²) >= 11 is 1.83. The second-order valence-electron chi connectivity index (χ2n) is 6.07. The van der Waals surface area contributed by atoms with Gasteiger partial charge in [0.1, 0.15) is 11.1 Å². The SMILES string of the molecule is COc1ccc(C2SCCN2C(=O)CCc2cccc(C)c2)cc1. The first-order chi connectivity index (χ1) is 11.7. The van der Waals surface area contributed by atoms with Crippen molar-refractivity contribution in [3.05, 3.63) is 65.2 Å². The number of hydrogen-bond donors (Lipinski definition) is 0. The largest absolute Gasteiger partial charge is 0.497 e. The lowest BCUT2D eigenvalue weighted by molar-refractivity contribution is -0.131. The number of nitrogens with zero attached hydrogens (tertiary/aromatic N) is 1. The van der Waals surface area contributed by atoms with Crippen LogP contribution in [0.2, 0.25) is 0 Å². The third kappa shape index (κ3) is 3.93. The molecule has 1 heterocycles. The molecule has 1 unspecified atom stereocenters. The molecule has 1 aliphatic rings. The van der Waals surface area contributed by atoms with Crippen molar-refractivity contribution in [2.45, 2.75) is 25.1 Å². The van der Waals surface area contributed by atoms with Crippen LogP contribution in [0.3, 0.4) is 0 Å². The van der Waals surface area contributed by atoms with E-state index in [0.717, 1.165) is 24.5 Å². The fraction of sp³-hybridized carbons (Fsp3) is 0.350. The molecule has 1 saturated heterocycles. The Morgan fingerprint density at radius 3 is 2.75 bits per heavy atom. The monoisotopic (exact) mass is 341 g/mol. The zero-order valence-corrected chi connectivity index (χ0v) is 15.0. The fourth-order valence-electron chi connectivity index (χ4n) is 3.03. The molecule has 0 saturated carbocycles. The van der Waals surface area contributed by atoms with Gasteiger partial charge in [-0.05, 0) is 36.6 Å². The van der Waals surface area contributed by atoms with Crippen molar-refractivity contribution >= 4 is 17.7 Å². The predicted molar refractivity (Wildman–Crippen MR) is 99.4 cm³/mol. The van der Waals surface area contributed by atoms with Crippen molar-refractivity contribution in [3.63, 3.8) is 0 Å². The number of methoxy groups -OCH3 is 1. The van der Waals surface area contributed by atoms with Gasteiger partial charge in [0.2, 0.25) is 5.91 Å². The molecular weight excluding hydrogens is 318 g/mol. The fourth-order valence-corrected chi connectivity index (χ4v) is 4.31. The van der Waals surface area contributed by atoms with E-state index in [2.05, 4.69) is 43.3 Å². The van der Waals surface area contributed by atoms with Crippen LogP contribution in [0.4, 0.5) is 0 Å². The van der Waals surface area contributed by atoms with Crippen molar-refractivity contribution in [2.24, 2.45) is 0 Å². The number of carbonyl (C=O) groups excluding carboxylic acids is 1. The van der Waals surface area contributed by atoms with Crippen LogP contribution in [0.5, 0.6) is 5.75 Å². The highest BCUT2D eigenvalue weighted by molar-refractivity contribution is 7.99. The number of thioether (sulfide) groups is 1. The van der Waals surface area contributed by atoms with Crippen molar-refractivity contribution < 1.29 is 9.53 Å². The molecule has 0 spiro atoms. The maximum absolute atomic E-state index is 12.7. The molecule has 1 fully saturated rings. The molecule has 0 N–H and O–H groups in total. The molecule has 0 bridgehead atoms. The second-order valence-corrected chi connectivity index (χ2v) is 7.26. The van der Waals surface area contributed by atoms with Gasteiger partial charge in [-0.25, -0.2) is 0 Å². The summed E-state index contributed by atoms with van der Waals surface area (Å²) in [5.41, 5.74) is 3.64. The Labute approximate surface area is 148 Å². The highest BCUT2D eigenvalue weighted by Gasteiger charge is 2.30. The Hall–Kier alpha value is -1.94. The third-order valence-electron chi connectivity index (χ3n) is 4.32. The molecule has 1 amide bonds. The second kappa shape index (κ2) is 7.75. The summed E-state index contributed by atoms with van der Waals surface area (Å²) in [5, 5.41) is 0.126. The maximum atomic E-state index is 12.7. The first-order valence-electron chi connectivity index (χ1n) is 8.28. The zero-order valence-electron chi connectivity index (χ0n) is 14.2. The van der Waals surface area contributed by atoms with Crippen molar-refractivity contribution in [1.29, 1.82) is 0 Å². The smallest absolute Gasteiger partial charge is 0.224 e. The Kier molecular flexibility index (Phi) is 5.46. The molecule has 2 aromatic carbocycles. The van der Waals surface area contributed by atoms with E-state index in [9.17, 15) is 4.79 Å². The number of hydrogen-bond acceptors (Lipinski definition) is 3. The highest BCUT2D eigenvalue weighted by Crippen LogP contribution is 2.38. The van der Waals surface area contributed by atoms with E-state index in [1.165, 1.54) is 16.7 Å². The number of amides is 1. The lowest BCUT2D eigenvalue weighted by Crippen LogP contribution is -2.30. The molecule has 1 aliphatic heterocycles. The van der Waals surface area contributed by atoms with E-state index in [1.54, 1.807) is 7.11 Å². The molecule has 1 atom stereocenters. The van der Waals surface area contributed by atoms with Crippen LogP contribution in [0, 0.1) is 6.92 Å². The van der Waals surface area contributed by atoms with Crippen molar-refractivity contribution in [3.8, 4) is 5.75 Å². The van der Waals surface area contributed by atoms with Gasteiger partial charge in [-0.1, -0.05) is 42.0 Å². The van der Waals surface area contributed by atoms with Crippen LogP contribution >= 0.6 is 11.8 Å². The van der Waals surface area contributed by atoms with Crippen LogP contribution in [0.15, 0.2) is 48.5 Å². The number of ether oxygens (including phenoxy) is 1. The lowest BCUT2D eigenvalue weighted by Gasteiger charge is -2.24. The van der Waals surface area contributed by atoms with Gasteiger partial charge in [0.05, 0.1) is 7.11 Å². The van der Waals surface area contributed by atoms with Crippen LogP contribution in [-0.4, -0.2) is 30.2 Å². The van der Waals surface area contributed by atoms with Crippen LogP contribution < -0.4 is 4.74 Å². The summed E-state index contributed by atoms with van der Waals surface area (Å²) in [6.07, 6.45) is 1.37. The topological polar surface area (TPSA) is 29.5 Å². The van der Waals surface area contributed by atoms with E-state index >= 15 is 0 Å². The number of carbonyl (C=O) groups is 1. The minimum absolute atomic E-state index is 0.126. The van der Waals surface area contributed by atoms with Gasteiger partial charge in [0.15, 0.2) is 0 Å². The standard InChI is InChI=1S/C20H23NO2S/c1-15-4-3-5-16(14-15)6-11-19(22)21-12-13-24-20(21)17-7-9-18(23-2)10-8-17/h3-5,7-10,14,20H,6,11-13H2,1-2H3. The summed E-state index contributed by atoms with van der Waals surface area (Å²) in [6.45, 7) is 2.91. The average molecular weight is 341 g/mol. The molecule has 0 radical (unpaired) electrons. The summed E-state index contributed by atoms with van der Waals surface area (Å²) in [7, 11) is 1.67. The molecule has 3 rings (SSSR count). The first-order valence-corrected chi connectivity index (χ1v) is 9.33. The highest BCUT2D eigenvalue weighted by atomic mass is 32.2. The van der Waals surface area contributed by atoms with Crippen LogP contribution in [0.25, 0.3) is 0 Å². The van der Waals surface area contributed by atoms with Gasteiger partial charge < -0.3 is 9.64 Å².